The van der Waals surface area contributed by atoms with Crippen molar-refractivity contribution in [3.05, 3.63) is 51.2 Å². The van der Waals surface area contributed by atoms with Crippen molar-refractivity contribution in [1.82, 2.24) is 5.32 Å². The number of nitrogen functional groups attached to an aromatic ring is 1. The van der Waals surface area contributed by atoms with E-state index in [9.17, 15) is 9.90 Å². The number of aliphatic hydroxyl groups is 1. The molecule has 1 aromatic heterocycles. The van der Waals surface area contributed by atoms with Crippen LogP contribution < -0.4 is 11.1 Å². The van der Waals surface area contributed by atoms with E-state index in [1.54, 1.807) is 35.7 Å². The molecule has 0 bridgehead atoms. The number of nitrogens with one attached hydrogen (secondary N) is 1. The number of anilines is 1. The number of thiophene rings is 1. The van der Waals surface area contributed by atoms with Crippen molar-refractivity contribution >= 4 is 34.5 Å². The molecule has 1 heterocycles. The summed E-state index contributed by atoms with van der Waals surface area (Å²) in [6.07, 6.45) is -0.775. The van der Waals surface area contributed by atoms with Gasteiger partial charge < -0.3 is 16.2 Å². The molecule has 0 saturated heterocycles. The van der Waals surface area contributed by atoms with Crippen LogP contribution >= 0.6 is 22.9 Å². The molecule has 100 valence electrons. The molecule has 1 aromatic carbocycles. The predicted molar refractivity (Wildman–Crippen MR) is 77.5 cm³/mol. The van der Waals surface area contributed by atoms with Gasteiger partial charge in [-0.3, -0.25) is 4.79 Å². The molecule has 19 heavy (non-hydrogen) atoms. The Balaban J connectivity index is 1.94. The monoisotopic (exact) mass is 296 g/mol. The van der Waals surface area contributed by atoms with Crippen molar-refractivity contribution in [2.75, 3.05) is 12.3 Å². The van der Waals surface area contributed by atoms with Crippen LogP contribution in [0, 0.1) is 0 Å². The molecule has 4 N–H and O–H groups in total. The van der Waals surface area contributed by atoms with Gasteiger partial charge in [0.25, 0.3) is 5.91 Å². The molecule has 2 rings (SSSR count). The fourth-order valence-corrected chi connectivity index (χ4v) is 2.62. The summed E-state index contributed by atoms with van der Waals surface area (Å²) in [6.45, 7) is 0.122. The lowest BCUT2D eigenvalue weighted by atomic mass is 10.1. The zero-order chi connectivity index (χ0) is 13.8. The first kappa shape index (κ1) is 13.9. The van der Waals surface area contributed by atoms with Crippen LogP contribution in [0.3, 0.4) is 0 Å². The molecule has 1 atom stereocenters. The van der Waals surface area contributed by atoms with Gasteiger partial charge >= 0.3 is 0 Å². The summed E-state index contributed by atoms with van der Waals surface area (Å²) >= 11 is 7.12. The van der Waals surface area contributed by atoms with Crippen LogP contribution in [0.25, 0.3) is 0 Å². The second-order valence-electron chi connectivity index (χ2n) is 3.99. The molecule has 0 aliphatic carbocycles. The maximum atomic E-state index is 11.8. The normalized spacial score (nSPS) is 12.1. The number of rotatable bonds is 4. The van der Waals surface area contributed by atoms with E-state index in [1.165, 1.54) is 11.3 Å². The van der Waals surface area contributed by atoms with Crippen LogP contribution in [0.4, 0.5) is 5.69 Å². The summed E-state index contributed by atoms with van der Waals surface area (Å²) < 4.78 is 0. The van der Waals surface area contributed by atoms with E-state index in [2.05, 4.69) is 5.32 Å². The highest BCUT2D eigenvalue weighted by Gasteiger charge is 2.14. The quantitative estimate of drug-likeness (QED) is 0.759. The molecule has 0 saturated carbocycles. The van der Waals surface area contributed by atoms with Crippen LogP contribution in [0.15, 0.2) is 35.7 Å². The second kappa shape index (κ2) is 6.06. The van der Waals surface area contributed by atoms with E-state index >= 15 is 0 Å². The molecule has 1 amide bonds. The SMILES string of the molecule is Nc1ccc(C(O)CNC(=O)c2sccc2Cl)cc1. The number of aliphatic hydroxyl groups excluding tert-OH is 1. The van der Waals surface area contributed by atoms with Crippen LogP contribution in [-0.4, -0.2) is 17.6 Å². The number of amides is 1. The van der Waals surface area contributed by atoms with Gasteiger partial charge in [-0.2, -0.15) is 0 Å². The zero-order valence-corrected chi connectivity index (χ0v) is 11.5. The van der Waals surface area contributed by atoms with Crippen molar-refractivity contribution < 1.29 is 9.90 Å². The van der Waals surface area contributed by atoms with Gasteiger partial charge in [0.2, 0.25) is 0 Å². The highest BCUT2D eigenvalue weighted by Crippen LogP contribution is 2.22. The van der Waals surface area contributed by atoms with Crippen LogP contribution in [0.5, 0.6) is 0 Å². The van der Waals surface area contributed by atoms with Crippen LogP contribution in [0.1, 0.15) is 21.3 Å². The minimum absolute atomic E-state index is 0.122. The number of benzene rings is 1. The average Bonchev–Trinajstić information content (AvgIpc) is 2.83. The first-order valence-corrected chi connectivity index (χ1v) is 6.88. The Labute approximate surface area is 119 Å². The number of hydrogen-bond acceptors (Lipinski definition) is 4. The van der Waals surface area contributed by atoms with Gasteiger partial charge in [0.1, 0.15) is 4.88 Å². The van der Waals surface area contributed by atoms with Crippen LogP contribution in [0.2, 0.25) is 5.02 Å². The number of hydrogen-bond donors (Lipinski definition) is 3. The molecule has 0 radical (unpaired) electrons. The van der Waals surface area contributed by atoms with E-state index in [0.717, 1.165) is 0 Å². The zero-order valence-electron chi connectivity index (χ0n) is 9.97. The third-order valence-electron chi connectivity index (χ3n) is 2.60. The van der Waals surface area contributed by atoms with E-state index in [0.29, 0.717) is 21.2 Å². The van der Waals surface area contributed by atoms with Gasteiger partial charge in [-0.05, 0) is 29.1 Å². The third kappa shape index (κ3) is 3.47. The maximum Gasteiger partial charge on any atom is 0.262 e. The predicted octanol–water partition coefficient (Wildman–Crippen LogP) is 2.45. The summed E-state index contributed by atoms with van der Waals surface area (Å²) in [6, 6.07) is 8.53. The van der Waals surface area contributed by atoms with Gasteiger partial charge in [-0.15, -0.1) is 11.3 Å². The standard InChI is InChI=1S/C13H13ClN2O2S/c14-10-5-6-19-12(10)13(18)16-7-11(17)8-1-3-9(15)4-2-8/h1-6,11,17H,7,15H2,(H,16,18). The smallest absolute Gasteiger partial charge is 0.262 e. The molecule has 0 fully saturated rings. The highest BCUT2D eigenvalue weighted by atomic mass is 35.5. The largest absolute Gasteiger partial charge is 0.399 e. The number of nitrogens with two attached hydrogens (primary N) is 1. The van der Waals surface area contributed by atoms with Crippen molar-refractivity contribution in [3.63, 3.8) is 0 Å². The molecular formula is C13H13ClN2O2S. The number of halogens is 1. The first-order valence-electron chi connectivity index (χ1n) is 5.62. The summed E-state index contributed by atoms with van der Waals surface area (Å²) in [5.41, 5.74) is 6.90. The summed E-state index contributed by atoms with van der Waals surface area (Å²) in [5, 5.41) is 14.8. The Hall–Kier alpha value is -1.56. The second-order valence-corrected chi connectivity index (χ2v) is 5.31. The maximum absolute atomic E-state index is 11.8. The Morgan fingerprint density at radius 1 is 1.37 bits per heavy atom. The van der Waals surface area contributed by atoms with Crippen molar-refractivity contribution in [3.8, 4) is 0 Å². The van der Waals surface area contributed by atoms with Crippen LogP contribution in [-0.2, 0) is 0 Å². The Kier molecular flexibility index (Phi) is 4.42. The van der Waals surface area contributed by atoms with Crippen molar-refractivity contribution in [2.45, 2.75) is 6.10 Å². The lowest BCUT2D eigenvalue weighted by molar-refractivity contribution is 0.0920. The average molecular weight is 297 g/mol. The van der Waals surface area contributed by atoms with Gasteiger partial charge in [-0.25, -0.2) is 0 Å². The summed E-state index contributed by atoms with van der Waals surface area (Å²) in [4.78, 5) is 12.3. The van der Waals surface area contributed by atoms with Gasteiger partial charge in [-0.1, -0.05) is 23.7 Å². The molecule has 0 aliphatic heterocycles. The fourth-order valence-electron chi connectivity index (χ4n) is 1.56. The first-order chi connectivity index (χ1) is 9.08. The molecule has 0 spiro atoms. The van der Waals surface area contributed by atoms with Gasteiger partial charge in [0.15, 0.2) is 0 Å². The van der Waals surface area contributed by atoms with Crippen molar-refractivity contribution in [2.24, 2.45) is 0 Å². The van der Waals surface area contributed by atoms with Gasteiger partial charge in [0, 0.05) is 12.2 Å². The van der Waals surface area contributed by atoms with E-state index < -0.39 is 6.10 Å². The minimum atomic E-state index is -0.775. The molecule has 6 heteroatoms. The highest BCUT2D eigenvalue weighted by molar-refractivity contribution is 7.12. The van der Waals surface area contributed by atoms with E-state index in [4.69, 9.17) is 17.3 Å². The Morgan fingerprint density at radius 3 is 2.63 bits per heavy atom. The molecule has 1 unspecified atom stereocenters. The topological polar surface area (TPSA) is 75.3 Å². The minimum Gasteiger partial charge on any atom is -0.399 e. The molecule has 2 aromatic rings. The van der Waals surface area contributed by atoms with Gasteiger partial charge in [0.05, 0.1) is 11.1 Å². The molecular weight excluding hydrogens is 284 g/mol. The fraction of sp³-hybridized carbons (Fsp3) is 0.154. The Bertz CT molecular complexity index is 568. The molecule has 0 aliphatic rings. The van der Waals surface area contributed by atoms with E-state index in [-0.39, 0.29) is 12.5 Å². The lowest BCUT2D eigenvalue weighted by Gasteiger charge is -2.12. The lowest BCUT2D eigenvalue weighted by Crippen LogP contribution is -2.27. The number of carbonyl (C=O) groups is 1. The van der Waals surface area contributed by atoms with E-state index in [1.807, 2.05) is 0 Å². The summed E-state index contributed by atoms with van der Waals surface area (Å²) in [7, 11) is 0. The Morgan fingerprint density at radius 2 is 2.05 bits per heavy atom. The number of carbonyl (C=O) groups excluding carboxylic acids is 1. The molecule has 4 nitrogen and oxygen atoms in total. The third-order valence-corrected chi connectivity index (χ3v) is 3.94. The van der Waals surface area contributed by atoms with Crippen molar-refractivity contribution in [1.29, 1.82) is 0 Å². The summed E-state index contributed by atoms with van der Waals surface area (Å²) in [5.74, 6) is -0.283.